The topological polar surface area (TPSA) is 12.9 Å². The quantitative estimate of drug-likeness (QED) is 0.529. The zero-order chi connectivity index (χ0) is 14.8. The van der Waals surface area contributed by atoms with E-state index in [9.17, 15) is 0 Å². The average Bonchev–Trinajstić information content (AvgIpc) is 2.59. The molecule has 1 nitrogen and oxygen atoms in total. The van der Waals surface area contributed by atoms with Crippen LogP contribution >= 0.6 is 0 Å². The van der Waals surface area contributed by atoms with Crippen LogP contribution in [0.5, 0.6) is 0 Å². The third kappa shape index (κ3) is 3.67. The van der Waals surface area contributed by atoms with Crippen molar-refractivity contribution in [1.29, 1.82) is 0 Å². The molecule has 3 aromatic rings. The predicted molar refractivity (Wildman–Crippen MR) is 89.9 cm³/mol. The summed E-state index contributed by atoms with van der Waals surface area (Å²) < 4.78 is 0. The Bertz CT molecular complexity index is 610. The van der Waals surface area contributed by atoms with E-state index in [0.717, 1.165) is 5.69 Å². The van der Waals surface area contributed by atoms with Crippen LogP contribution in [0.25, 0.3) is 22.0 Å². The lowest BCUT2D eigenvalue weighted by atomic mass is 10.0. The second-order valence-electron chi connectivity index (χ2n) is 3.75. The van der Waals surface area contributed by atoms with E-state index in [1.807, 2.05) is 58.2 Å². The van der Waals surface area contributed by atoms with Gasteiger partial charge >= 0.3 is 0 Å². The van der Waals surface area contributed by atoms with Crippen molar-refractivity contribution in [2.24, 2.45) is 0 Å². The zero-order valence-corrected chi connectivity index (χ0v) is 12.8. The van der Waals surface area contributed by atoms with Crippen molar-refractivity contribution in [3.8, 4) is 11.3 Å². The van der Waals surface area contributed by atoms with E-state index in [1.54, 1.807) is 0 Å². The Morgan fingerprint density at radius 1 is 0.650 bits per heavy atom. The maximum absolute atomic E-state index is 4.48. The molecule has 0 aliphatic rings. The lowest BCUT2D eigenvalue weighted by molar-refractivity contribution is 1.36. The number of pyridine rings is 1. The molecule has 3 rings (SSSR count). The van der Waals surface area contributed by atoms with Gasteiger partial charge in [0.1, 0.15) is 0 Å². The molecule has 0 radical (unpaired) electrons. The Morgan fingerprint density at radius 2 is 1.25 bits per heavy atom. The Balaban J connectivity index is 0.000000461. The minimum Gasteiger partial charge on any atom is -0.256 e. The van der Waals surface area contributed by atoms with Gasteiger partial charge in [-0.1, -0.05) is 82.3 Å². The molecule has 0 amide bonds. The highest BCUT2D eigenvalue weighted by atomic mass is 14.7. The summed E-state index contributed by atoms with van der Waals surface area (Å²) in [6.07, 6.45) is 1.87. The molecule has 1 aromatic heterocycles. The molecule has 0 fully saturated rings. The highest BCUT2D eigenvalue weighted by molar-refractivity contribution is 5.94. The minimum atomic E-state index is 1.05. The van der Waals surface area contributed by atoms with Gasteiger partial charge in [0.2, 0.25) is 0 Å². The van der Waals surface area contributed by atoms with E-state index in [1.165, 1.54) is 16.3 Å². The van der Waals surface area contributed by atoms with Crippen molar-refractivity contribution in [3.63, 3.8) is 0 Å². The van der Waals surface area contributed by atoms with Gasteiger partial charge in [0.15, 0.2) is 0 Å². The van der Waals surface area contributed by atoms with Crippen LogP contribution in [0.1, 0.15) is 27.7 Å². The van der Waals surface area contributed by atoms with Gasteiger partial charge in [-0.05, 0) is 11.5 Å². The number of hydrogen-bond acceptors (Lipinski definition) is 1. The summed E-state index contributed by atoms with van der Waals surface area (Å²) in [6.45, 7) is 8.00. The molecule has 0 bridgehead atoms. The molecule has 0 atom stereocenters. The second-order valence-corrected chi connectivity index (χ2v) is 3.75. The van der Waals surface area contributed by atoms with Crippen molar-refractivity contribution in [2.45, 2.75) is 27.7 Å². The third-order valence-electron chi connectivity index (χ3n) is 2.72. The van der Waals surface area contributed by atoms with Gasteiger partial charge in [0.25, 0.3) is 0 Å². The van der Waals surface area contributed by atoms with Crippen LogP contribution in [0, 0.1) is 0 Å². The van der Waals surface area contributed by atoms with Crippen LogP contribution in [0.2, 0.25) is 0 Å². The fourth-order valence-corrected chi connectivity index (χ4v) is 1.95. The molecular formula is C19H23N. The maximum atomic E-state index is 4.48. The fraction of sp³-hybridized carbons (Fsp3) is 0.211. The largest absolute Gasteiger partial charge is 0.256 e. The Hall–Kier alpha value is -2.15. The van der Waals surface area contributed by atoms with Crippen molar-refractivity contribution in [2.75, 3.05) is 0 Å². The number of benzene rings is 2. The van der Waals surface area contributed by atoms with Gasteiger partial charge < -0.3 is 0 Å². The van der Waals surface area contributed by atoms with Crippen LogP contribution < -0.4 is 0 Å². The Kier molecular flexibility index (Phi) is 7.05. The Labute approximate surface area is 122 Å². The maximum Gasteiger partial charge on any atom is 0.0780 e. The zero-order valence-electron chi connectivity index (χ0n) is 12.8. The van der Waals surface area contributed by atoms with Crippen molar-refractivity contribution < 1.29 is 0 Å². The summed E-state index contributed by atoms with van der Waals surface area (Å²) in [5.41, 5.74) is 2.22. The molecule has 1 heteroatoms. The van der Waals surface area contributed by atoms with Crippen molar-refractivity contribution in [1.82, 2.24) is 4.98 Å². The molecule has 0 saturated carbocycles. The van der Waals surface area contributed by atoms with Gasteiger partial charge in [-0.15, -0.1) is 0 Å². The molecule has 0 unspecified atom stereocenters. The molecule has 0 aliphatic heterocycles. The second kappa shape index (κ2) is 8.87. The normalized spacial score (nSPS) is 9.00. The summed E-state index contributed by atoms with van der Waals surface area (Å²) in [4.78, 5) is 4.48. The summed E-state index contributed by atoms with van der Waals surface area (Å²) in [7, 11) is 0. The van der Waals surface area contributed by atoms with Gasteiger partial charge in [-0.2, -0.15) is 0 Å². The van der Waals surface area contributed by atoms with Gasteiger partial charge in [0.05, 0.1) is 5.69 Å². The van der Waals surface area contributed by atoms with E-state index in [-0.39, 0.29) is 0 Å². The highest BCUT2D eigenvalue weighted by Crippen LogP contribution is 2.25. The molecule has 0 saturated heterocycles. The molecular weight excluding hydrogens is 242 g/mol. The summed E-state index contributed by atoms with van der Waals surface area (Å²) in [5, 5.41) is 2.44. The van der Waals surface area contributed by atoms with Crippen LogP contribution in [0.15, 0.2) is 66.9 Å². The standard InChI is InChI=1S/C15H11N.2C2H6/c1-2-7-13(8-3-1)15-14-9-5-4-6-12(14)10-11-16-15;2*1-2/h1-11H;2*1-2H3. The van der Waals surface area contributed by atoms with Crippen LogP contribution in [0.4, 0.5) is 0 Å². The van der Waals surface area contributed by atoms with Crippen molar-refractivity contribution in [3.05, 3.63) is 66.9 Å². The van der Waals surface area contributed by atoms with Crippen LogP contribution in [-0.2, 0) is 0 Å². The molecule has 2 aromatic carbocycles. The van der Waals surface area contributed by atoms with Crippen molar-refractivity contribution >= 4 is 10.8 Å². The lowest BCUT2D eigenvalue weighted by Crippen LogP contribution is -1.84. The van der Waals surface area contributed by atoms with E-state index >= 15 is 0 Å². The first-order chi connectivity index (χ1) is 9.95. The van der Waals surface area contributed by atoms with Gasteiger partial charge in [0, 0.05) is 17.1 Å². The lowest BCUT2D eigenvalue weighted by Gasteiger charge is -2.04. The summed E-state index contributed by atoms with van der Waals surface area (Å²) in [5.74, 6) is 0. The van der Waals surface area contributed by atoms with Gasteiger partial charge in [-0.3, -0.25) is 4.98 Å². The van der Waals surface area contributed by atoms with E-state index in [0.29, 0.717) is 0 Å². The number of hydrogen-bond donors (Lipinski definition) is 0. The number of fused-ring (bicyclic) bond motifs is 1. The number of rotatable bonds is 1. The molecule has 0 aliphatic carbocycles. The van der Waals surface area contributed by atoms with Crippen LogP contribution in [-0.4, -0.2) is 4.98 Å². The molecule has 20 heavy (non-hydrogen) atoms. The monoisotopic (exact) mass is 265 g/mol. The van der Waals surface area contributed by atoms with E-state index in [4.69, 9.17) is 0 Å². The SMILES string of the molecule is CC.CC.c1ccc(-c2nccc3ccccc23)cc1. The average molecular weight is 265 g/mol. The molecule has 0 spiro atoms. The predicted octanol–water partition coefficient (Wildman–Crippen LogP) is 5.95. The fourth-order valence-electron chi connectivity index (χ4n) is 1.95. The third-order valence-corrected chi connectivity index (χ3v) is 2.72. The van der Waals surface area contributed by atoms with E-state index in [2.05, 4.69) is 41.4 Å². The van der Waals surface area contributed by atoms with E-state index < -0.39 is 0 Å². The number of nitrogens with zero attached hydrogens (tertiary/aromatic N) is 1. The molecule has 0 N–H and O–H groups in total. The Morgan fingerprint density at radius 3 is 1.95 bits per heavy atom. The smallest absolute Gasteiger partial charge is 0.0780 e. The summed E-state index contributed by atoms with van der Waals surface area (Å²) in [6, 6.07) is 20.7. The first-order valence-electron chi connectivity index (χ1n) is 7.34. The first-order valence-corrected chi connectivity index (χ1v) is 7.34. The van der Waals surface area contributed by atoms with Crippen LogP contribution in [0.3, 0.4) is 0 Å². The molecule has 104 valence electrons. The highest BCUT2D eigenvalue weighted by Gasteiger charge is 2.03. The first kappa shape index (κ1) is 15.9. The minimum absolute atomic E-state index is 1.05. The van der Waals surface area contributed by atoms with Gasteiger partial charge in [-0.25, -0.2) is 0 Å². The molecule has 1 heterocycles. The number of aromatic nitrogens is 1. The summed E-state index contributed by atoms with van der Waals surface area (Å²) >= 11 is 0.